The Kier molecular flexibility index (Phi) is 5.76. The molecule has 0 rings (SSSR count). The van der Waals surface area contributed by atoms with E-state index in [0.29, 0.717) is 18.4 Å². The highest BCUT2D eigenvalue weighted by atomic mass is 16.6. The van der Waals surface area contributed by atoms with E-state index < -0.39 is 16.9 Å². The van der Waals surface area contributed by atoms with Crippen molar-refractivity contribution in [3.05, 3.63) is 21.8 Å². The molecule has 0 aliphatic heterocycles. The van der Waals surface area contributed by atoms with Gasteiger partial charge in [-0.3, -0.25) is 14.9 Å². The van der Waals surface area contributed by atoms with Gasteiger partial charge in [-0.25, -0.2) is 0 Å². The lowest BCUT2D eigenvalue weighted by Gasteiger charge is -2.09. The molecule has 16 heavy (non-hydrogen) atoms. The second-order valence-corrected chi connectivity index (χ2v) is 3.13. The minimum absolute atomic E-state index is 0.296. The van der Waals surface area contributed by atoms with Crippen molar-refractivity contribution in [2.24, 2.45) is 10.9 Å². The molecule has 0 aliphatic rings. The van der Waals surface area contributed by atoms with Crippen molar-refractivity contribution >= 4 is 11.6 Å². The average Bonchev–Trinajstić information content (AvgIpc) is 2.22. The number of nitrogens with zero attached hydrogens (tertiary/aromatic N) is 2. The van der Waals surface area contributed by atoms with Gasteiger partial charge in [-0.1, -0.05) is 19.0 Å². The number of nitrogens with two attached hydrogens (primary N) is 1. The molecule has 0 saturated heterocycles. The molecule has 0 aliphatic carbocycles. The van der Waals surface area contributed by atoms with Crippen LogP contribution in [0.15, 0.2) is 16.8 Å². The van der Waals surface area contributed by atoms with Gasteiger partial charge in [-0.2, -0.15) is 0 Å². The Bertz CT molecular complexity index is 336. The standard InChI is InChI=1S/C9H15N3O4/c1-3-6(8(4-2)12(15)16)5-7(11-14)9(10)13/h5,8,14H,3-4H2,1-2H3,(H2,10,13). The second-order valence-electron chi connectivity index (χ2n) is 3.13. The Hall–Kier alpha value is -1.92. The normalized spacial score (nSPS) is 14.6. The van der Waals surface area contributed by atoms with Crippen molar-refractivity contribution in [2.75, 3.05) is 0 Å². The van der Waals surface area contributed by atoms with E-state index in [2.05, 4.69) is 5.16 Å². The Labute approximate surface area is 92.8 Å². The van der Waals surface area contributed by atoms with Crippen LogP contribution in [0.2, 0.25) is 0 Å². The van der Waals surface area contributed by atoms with Crippen molar-refractivity contribution in [2.45, 2.75) is 32.7 Å². The van der Waals surface area contributed by atoms with Crippen LogP contribution in [0.1, 0.15) is 26.7 Å². The maximum atomic E-state index is 10.8. The zero-order chi connectivity index (χ0) is 12.7. The summed E-state index contributed by atoms with van der Waals surface area (Å²) in [5.41, 5.74) is 4.95. The van der Waals surface area contributed by atoms with Gasteiger partial charge in [0.2, 0.25) is 6.04 Å². The summed E-state index contributed by atoms with van der Waals surface area (Å²) in [4.78, 5) is 21.1. The van der Waals surface area contributed by atoms with Crippen LogP contribution in [0, 0.1) is 10.1 Å². The van der Waals surface area contributed by atoms with Crippen LogP contribution in [-0.4, -0.2) is 27.8 Å². The monoisotopic (exact) mass is 229 g/mol. The third kappa shape index (κ3) is 3.68. The summed E-state index contributed by atoms with van der Waals surface area (Å²) in [5.74, 6) is -0.924. The van der Waals surface area contributed by atoms with Gasteiger partial charge in [0.1, 0.15) is 0 Å². The molecule has 0 aromatic heterocycles. The molecule has 1 unspecified atom stereocenters. The van der Waals surface area contributed by atoms with Gasteiger partial charge in [0, 0.05) is 16.9 Å². The van der Waals surface area contributed by atoms with Crippen LogP contribution in [0.5, 0.6) is 0 Å². The van der Waals surface area contributed by atoms with Crippen molar-refractivity contribution in [3.63, 3.8) is 0 Å². The third-order valence-corrected chi connectivity index (χ3v) is 2.16. The molecule has 1 atom stereocenters. The zero-order valence-electron chi connectivity index (χ0n) is 9.21. The van der Waals surface area contributed by atoms with Crippen molar-refractivity contribution in [1.82, 2.24) is 0 Å². The number of hydrogen-bond donors (Lipinski definition) is 2. The average molecular weight is 229 g/mol. The largest absolute Gasteiger partial charge is 0.410 e. The molecular formula is C9H15N3O4. The Morgan fingerprint density at radius 2 is 2.19 bits per heavy atom. The summed E-state index contributed by atoms with van der Waals surface area (Å²) in [7, 11) is 0. The summed E-state index contributed by atoms with van der Waals surface area (Å²) < 4.78 is 0. The fourth-order valence-electron chi connectivity index (χ4n) is 1.31. The number of nitro groups is 1. The first-order chi connectivity index (χ1) is 7.47. The highest BCUT2D eigenvalue weighted by Gasteiger charge is 2.23. The SMILES string of the molecule is CCC(=CC(=NO)C(N)=O)C(CC)[N+](=O)[O-]. The lowest BCUT2D eigenvalue weighted by atomic mass is 10.0. The van der Waals surface area contributed by atoms with Gasteiger partial charge in [0.15, 0.2) is 5.71 Å². The number of primary amides is 1. The predicted molar refractivity (Wildman–Crippen MR) is 57.9 cm³/mol. The van der Waals surface area contributed by atoms with Gasteiger partial charge in [-0.15, -0.1) is 0 Å². The summed E-state index contributed by atoms with van der Waals surface area (Å²) in [6.45, 7) is 3.38. The third-order valence-electron chi connectivity index (χ3n) is 2.16. The molecule has 0 heterocycles. The summed E-state index contributed by atoms with van der Waals surface area (Å²) in [6, 6.07) is -0.888. The van der Waals surface area contributed by atoms with Crippen LogP contribution in [0.3, 0.4) is 0 Å². The highest BCUT2D eigenvalue weighted by Crippen LogP contribution is 2.14. The molecule has 0 radical (unpaired) electrons. The van der Waals surface area contributed by atoms with Crippen LogP contribution >= 0.6 is 0 Å². The van der Waals surface area contributed by atoms with Crippen LogP contribution in [-0.2, 0) is 4.79 Å². The van der Waals surface area contributed by atoms with E-state index in [1.807, 2.05) is 0 Å². The molecule has 0 saturated carbocycles. The van der Waals surface area contributed by atoms with Gasteiger partial charge in [-0.05, 0) is 12.5 Å². The molecular weight excluding hydrogens is 214 g/mol. The molecule has 0 spiro atoms. The van der Waals surface area contributed by atoms with E-state index in [9.17, 15) is 14.9 Å². The number of amides is 1. The summed E-state index contributed by atoms with van der Waals surface area (Å²) in [6.07, 6.45) is 1.84. The first-order valence-electron chi connectivity index (χ1n) is 4.83. The minimum atomic E-state index is -0.924. The lowest BCUT2D eigenvalue weighted by molar-refractivity contribution is -0.512. The van der Waals surface area contributed by atoms with E-state index in [-0.39, 0.29) is 5.71 Å². The van der Waals surface area contributed by atoms with Crippen molar-refractivity contribution in [3.8, 4) is 0 Å². The fourth-order valence-corrected chi connectivity index (χ4v) is 1.31. The Balaban J connectivity index is 5.18. The maximum absolute atomic E-state index is 10.8. The maximum Gasteiger partial charge on any atom is 0.270 e. The Morgan fingerprint density at radius 1 is 1.62 bits per heavy atom. The van der Waals surface area contributed by atoms with E-state index in [1.165, 1.54) is 6.08 Å². The molecule has 7 heteroatoms. The first-order valence-corrected chi connectivity index (χ1v) is 4.83. The van der Waals surface area contributed by atoms with Crippen LogP contribution < -0.4 is 5.73 Å². The van der Waals surface area contributed by atoms with Gasteiger partial charge >= 0.3 is 0 Å². The molecule has 3 N–H and O–H groups in total. The molecule has 0 bridgehead atoms. The molecule has 90 valence electrons. The zero-order valence-corrected chi connectivity index (χ0v) is 9.21. The molecule has 1 amide bonds. The van der Waals surface area contributed by atoms with Crippen LogP contribution in [0.25, 0.3) is 0 Å². The van der Waals surface area contributed by atoms with Crippen molar-refractivity contribution in [1.29, 1.82) is 0 Å². The van der Waals surface area contributed by atoms with E-state index in [1.54, 1.807) is 13.8 Å². The minimum Gasteiger partial charge on any atom is -0.410 e. The summed E-state index contributed by atoms with van der Waals surface area (Å²) in [5, 5.41) is 21.9. The van der Waals surface area contributed by atoms with Crippen LogP contribution in [0.4, 0.5) is 0 Å². The summed E-state index contributed by atoms with van der Waals surface area (Å²) >= 11 is 0. The number of carbonyl (C=O) groups is 1. The van der Waals surface area contributed by atoms with E-state index >= 15 is 0 Å². The number of carbonyl (C=O) groups excluding carboxylic acids is 1. The molecule has 0 aromatic rings. The smallest absolute Gasteiger partial charge is 0.270 e. The molecule has 0 fully saturated rings. The quantitative estimate of drug-likeness (QED) is 0.301. The first kappa shape index (κ1) is 14.1. The number of hydrogen-bond acceptors (Lipinski definition) is 5. The van der Waals surface area contributed by atoms with E-state index in [4.69, 9.17) is 10.9 Å². The fraction of sp³-hybridized carbons (Fsp3) is 0.556. The van der Waals surface area contributed by atoms with Crippen molar-refractivity contribution < 1.29 is 14.9 Å². The highest BCUT2D eigenvalue weighted by molar-refractivity contribution is 6.42. The number of oxime groups is 1. The number of rotatable bonds is 6. The van der Waals surface area contributed by atoms with Gasteiger partial charge in [0.25, 0.3) is 5.91 Å². The topological polar surface area (TPSA) is 119 Å². The second kappa shape index (κ2) is 6.54. The van der Waals surface area contributed by atoms with E-state index in [0.717, 1.165) is 0 Å². The molecule has 7 nitrogen and oxygen atoms in total. The lowest BCUT2D eigenvalue weighted by Crippen LogP contribution is -2.25. The van der Waals surface area contributed by atoms with Gasteiger partial charge < -0.3 is 10.9 Å². The molecule has 0 aromatic carbocycles. The Morgan fingerprint density at radius 3 is 2.44 bits per heavy atom. The predicted octanol–water partition coefficient (Wildman–Crippen LogP) is 0.694. The van der Waals surface area contributed by atoms with Gasteiger partial charge in [0.05, 0.1) is 0 Å².